The van der Waals surface area contributed by atoms with E-state index in [9.17, 15) is 0 Å². The lowest BCUT2D eigenvalue weighted by Crippen LogP contribution is -2.15. The van der Waals surface area contributed by atoms with Crippen LogP contribution in [0.2, 0.25) is 0 Å². The van der Waals surface area contributed by atoms with Crippen molar-refractivity contribution >= 4 is 15.9 Å². The first-order chi connectivity index (χ1) is 4.14. The molecule has 1 rings (SSSR count). The molecule has 1 aliphatic heterocycles. The molecule has 0 aromatic carbocycles. The molecule has 1 unspecified atom stereocenters. The lowest BCUT2D eigenvalue weighted by molar-refractivity contribution is 0.306. The largest absolute Gasteiger partial charge is 0.373 e. The van der Waals surface area contributed by atoms with Crippen molar-refractivity contribution in [2.45, 2.75) is 26.4 Å². The third-order valence-corrected chi connectivity index (χ3v) is 3.06. The monoisotopic (exact) mass is 192 g/mol. The normalized spacial score (nSPS) is 26.3. The van der Waals surface area contributed by atoms with Crippen molar-refractivity contribution in [3.8, 4) is 0 Å². The number of hydrogen-bond acceptors (Lipinski definition) is 1. The maximum absolute atomic E-state index is 5.13. The molecule has 1 fully saturated rings. The Hall–Kier alpha value is 0.440. The zero-order valence-corrected chi connectivity index (χ0v) is 7.57. The number of epoxide rings is 1. The van der Waals surface area contributed by atoms with Gasteiger partial charge in [-0.1, -0.05) is 29.8 Å². The molecule has 0 amide bonds. The van der Waals surface area contributed by atoms with E-state index >= 15 is 0 Å². The van der Waals surface area contributed by atoms with Crippen LogP contribution in [-0.4, -0.2) is 18.0 Å². The molecule has 9 heavy (non-hydrogen) atoms. The fourth-order valence-electron chi connectivity index (χ4n) is 0.857. The highest BCUT2D eigenvalue weighted by molar-refractivity contribution is 9.09. The van der Waals surface area contributed by atoms with E-state index in [1.165, 1.54) is 6.42 Å². The van der Waals surface area contributed by atoms with Gasteiger partial charge in [-0.05, 0) is 11.8 Å². The molecule has 0 radical (unpaired) electrons. The molecule has 0 N–H and O–H groups in total. The minimum Gasteiger partial charge on any atom is -0.373 e. The van der Waals surface area contributed by atoms with E-state index in [4.69, 9.17) is 4.74 Å². The van der Waals surface area contributed by atoms with Crippen LogP contribution in [0, 0.1) is 5.41 Å². The first kappa shape index (κ1) is 7.55. The van der Waals surface area contributed by atoms with Crippen molar-refractivity contribution in [2.24, 2.45) is 5.41 Å². The second-order valence-electron chi connectivity index (χ2n) is 3.46. The summed E-state index contributed by atoms with van der Waals surface area (Å²) in [6.07, 6.45) is 1.76. The van der Waals surface area contributed by atoms with Gasteiger partial charge in [0, 0.05) is 5.33 Å². The maximum atomic E-state index is 5.13. The van der Waals surface area contributed by atoms with E-state index in [1.54, 1.807) is 0 Å². The first-order valence-corrected chi connectivity index (χ1v) is 4.44. The number of alkyl halides is 1. The second kappa shape index (κ2) is 2.59. The summed E-state index contributed by atoms with van der Waals surface area (Å²) in [7, 11) is 0. The molecular formula is C7H13BrO. The fourth-order valence-corrected chi connectivity index (χ4v) is 1.09. The van der Waals surface area contributed by atoms with E-state index in [0.29, 0.717) is 11.5 Å². The van der Waals surface area contributed by atoms with Crippen molar-refractivity contribution < 1.29 is 4.74 Å². The highest BCUT2D eigenvalue weighted by Crippen LogP contribution is 2.30. The molecule has 0 aliphatic carbocycles. The molecule has 1 heterocycles. The summed E-state index contributed by atoms with van der Waals surface area (Å²) < 4.78 is 5.13. The van der Waals surface area contributed by atoms with Crippen LogP contribution in [0.25, 0.3) is 0 Å². The fraction of sp³-hybridized carbons (Fsp3) is 1.00. The van der Waals surface area contributed by atoms with Crippen LogP contribution in [0.4, 0.5) is 0 Å². The standard InChI is InChI=1S/C7H13BrO/c1-7(2,5-8)3-6-4-9-6/h6H,3-5H2,1-2H3. The van der Waals surface area contributed by atoms with E-state index in [0.717, 1.165) is 11.9 Å². The summed E-state index contributed by atoms with van der Waals surface area (Å²) in [5, 5.41) is 1.07. The first-order valence-electron chi connectivity index (χ1n) is 3.32. The third kappa shape index (κ3) is 2.67. The van der Waals surface area contributed by atoms with Gasteiger partial charge >= 0.3 is 0 Å². The smallest absolute Gasteiger partial charge is 0.0815 e. The Morgan fingerprint density at radius 1 is 1.67 bits per heavy atom. The topological polar surface area (TPSA) is 12.5 Å². The van der Waals surface area contributed by atoms with Gasteiger partial charge in [-0.25, -0.2) is 0 Å². The van der Waals surface area contributed by atoms with Crippen molar-refractivity contribution in [3.63, 3.8) is 0 Å². The number of halogens is 1. The minimum absolute atomic E-state index is 0.418. The SMILES string of the molecule is CC(C)(CBr)CC1CO1. The Balaban J connectivity index is 2.21. The van der Waals surface area contributed by atoms with E-state index in [2.05, 4.69) is 29.8 Å². The quantitative estimate of drug-likeness (QED) is 0.494. The zero-order chi connectivity index (χ0) is 6.91. The molecule has 2 heteroatoms. The summed E-state index contributed by atoms with van der Waals surface area (Å²) >= 11 is 3.47. The summed E-state index contributed by atoms with van der Waals surface area (Å²) in [4.78, 5) is 0. The van der Waals surface area contributed by atoms with E-state index < -0.39 is 0 Å². The summed E-state index contributed by atoms with van der Waals surface area (Å²) in [6.45, 7) is 5.49. The van der Waals surface area contributed by atoms with Gasteiger partial charge in [-0.3, -0.25) is 0 Å². The lowest BCUT2D eigenvalue weighted by Gasteiger charge is -2.19. The minimum atomic E-state index is 0.418. The average molecular weight is 193 g/mol. The van der Waals surface area contributed by atoms with Gasteiger partial charge in [0.2, 0.25) is 0 Å². The Labute approximate surface area is 64.9 Å². The van der Waals surface area contributed by atoms with Crippen LogP contribution >= 0.6 is 15.9 Å². The predicted molar refractivity (Wildman–Crippen MR) is 41.9 cm³/mol. The zero-order valence-electron chi connectivity index (χ0n) is 5.98. The van der Waals surface area contributed by atoms with Crippen LogP contribution in [0.15, 0.2) is 0 Å². The molecule has 1 aliphatic rings. The Morgan fingerprint density at radius 3 is 2.56 bits per heavy atom. The van der Waals surface area contributed by atoms with Crippen molar-refractivity contribution in [1.82, 2.24) is 0 Å². The highest BCUT2D eigenvalue weighted by atomic mass is 79.9. The van der Waals surface area contributed by atoms with Gasteiger partial charge in [-0.2, -0.15) is 0 Å². The molecular weight excluding hydrogens is 180 g/mol. The molecule has 54 valence electrons. The van der Waals surface area contributed by atoms with Gasteiger partial charge in [0.15, 0.2) is 0 Å². The number of ether oxygens (including phenoxy) is 1. The molecule has 0 aromatic heterocycles. The molecule has 0 saturated carbocycles. The van der Waals surface area contributed by atoms with Gasteiger partial charge in [0.25, 0.3) is 0 Å². The number of hydrogen-bond donors (Lipinski definition) is 0. The van der Waals surface area contributed by atoms with Crippen LogP contribution in [0.5, 0.6) is 0 Å². The van der Waals surface area contributed by atoms with Crippen molar-refractivity contribution in [3.05, 3.63) is 0 Å². The van der Waals surface area contributed by atoms with Crippen molar-refractivity contribution in [1.29, 1.82) is 0 Å². The van der Waals surface area contributed by atoms with Gasteiger partial charge in [0.05, 0.1) is 12.7 Å². The second-order valence-corrected chi connectivity index (χ2v) is 4.02. The Kier molecular flexibility index (Phi) is 2.17. The molecule has 0 bridgehead atoms. The lowest BCUT2D eigenvalue weighted by atomic mass is 9.91. The van der Waals surface area contributed by atoms with Crippen LogP contribution in [0.3, 0.4) is 0 Å². The molecule has 0 spiro atoms. The summed E-state index contributed by atoms with van der Waals surface area (Å²) in [5.41, 5.74) is 0.418. The summed E-state index contributed by atoms with van der Waals surface area (Å²) in [6, 6.07) is 0. The third-order valence-electron chi connectivity index (χ3n) is 1.54. The number of rotatable bonds is 3. The average Bonchev–Trinajstić information content (AvgIpc) is 2.50. The predicted octanol–water partition coefficient (Wildman–Crippen LogP) is 2.20. The summed E-state index contributed by atoms with van der Waals surface area (Å²) in [5.74, 6) is 0. The van der Waals surface area contributed by atoms with Gasteiger partial charge in [0.1, 0.15) is 0 Å². The van der Waals surface area contributed by atoms with Gasteiger partial charge in [-0.15, -0.1) is 0 Å². The maximum Gasteiger partial charge on any atom is 0.0815 e. The molecule has 0 aromatic rings. The molecule has 1 nitrogen and oxygen atoms in total. The highest BCUT2D eigenvalue weighted by Gasteiger charge is 2.30. The van der Waals surface area contributed by atoms with Crippen molar-refractivity contribution in [2.75, 3.05) is 11.9 Å². The van der Waals surface area contributed by atoms with Crippen LogP contribution < -0.4 is 0 Å². The molecule has 1 saturated heterocycles. The van der Waals surface area contributed by atoms with E-state index in [-0.39, 0.29) is 0 Å². The van der Waals surface area contributed by atoms with E-state index in [1.807, 2.05) is 0 Å². The Morgan fingerprint density at radius 2 is 2.22 bits per heavy atom. The Bertz CT molecular complexity index is 97.1. The van der Waals surface area contributed by atoms with Crippen LogP contribution in [0.1, 0.15) is 20.3 Å². The molecule has 1 atom stereocenters. The van der Waals surface area contributed by atoms with Gasteiger partial charge < -0.3 is 4.74 Å². The van der Waals surface area contributed by atoms with Crippen LogP contribution in [-0.2, 0) is 4.74 Å².